The smallest absolute Gasteiger partial charge is 0.140 e. The lowest BCUT2D eigenvalue weighted by Gasteiger charge is -2.07. The summed E-state index contributed by atoms with van der Waals surface area (Å²) in [6, 6.07) is 4.60. The molecule has 0 heterocycles. The van der Waals surface area contributed by atoms with Crippen LogP contribution in [0.15, 0.2) is 23.3 Å². The predicted molar refractivity (Wildman–Crippen MR) is 50.1 cm³/mol. The number of rotatable bonds is 3. The minimum atomic E-state index is -0.789. The van der Waals surface area contributed by atoms with Gasteiger partial charge in [-0.05, 0) is 23.2 Å². The SMILES string of the molecule is N#Cc1cc(C(CO)N=[N+]=[N-])ccc1F. The van der Waals surface area contributed by atoms with Gasteiger partial charge in [-0.2, -0.15) is 5.26 Å². The van der Waals surface area contributed by atoms with E-state index in [2.05, 4.69) is 10.0 Å². The molecule has 1 unspecified atom stereocenters. The van der Waals surface area contributed by atoms with E-state index < -0.39 is 11.9 Å². The number of azide groups is 1. The van der Waals surface area contributed by atoms with E-state index in [0.717, 1.165) is 6.07 Å². The standard InChI is InChI=1S/C9H7FN4O/c10-8-2-1-6(3-7(8)4-11)9(5-15)13-14-12/h1-3,9,15H,5H2. The zero-order valence-electron chi connectivity index (χ0n) is 7.63. The minimum Gasteiger partial charge on any atom is -0.396 e. The number of nitriles is 1. The zero-order valence-corrected chi connectivity index (χ0v) is 7.63. The zero-order chi connectivity index (χ0) is 11.3. The lowest BCUT2D eigenvalue weighted by Crippen LogP contribution is -2.01. The van der Waals surface area contributed by atoms with E-state index in [1.807, 2.05) is 0 Å². The highest BCUT2D eigenvalue weighted by Crippen LogP contribution is 2.19. The summed E-state index contributed by atoms with van der Waals surface area (Å²) in [4.78, 5) is 2.55. The first-order valence-corrected chi connectivity index (χ1v) is 4.07. The molecule has 1 aromatic rings. The van der Waals surface area contributed by atoms with Crippen molar-refractivity contribution in [3.63, 3.8) is 0 Å². The molecule has 1 atom stereocenters. The van der Waals surface area contributed by atoms with Gasteiger partial charge in [-0.3, -0.25) is 0 Å². The Labute approximate surface area is 85.0 Å². The highest BCUT2D eigenvalue weighted by Gasteiger charge is 2.10. The Morgan fingerprint density at radius 1 is 1.67 bits per heavy atom. The molecule has 0 aliphatic carbocycles. The number of nitrogens with zero attached hydrogens (tertiary/aromatic N) is 4. The molecule has 6 heteroatoms. The van der Waals surface area contributed by atoms with Crippen molar-refractivity contribution in [1.29, 1.82) is 5.26 Å². The molecule has 0 saturated carbocycles. The number of hydrogen-bond donors (Lipinski definition) is 1. The van der Waals surface area contributed by atoms with Crippen LogP contribution in [0.25, 0.3) is 10.4 Å². The molecule has 0 aliphatic heterocycles. The van der Waals surface area contributed by atoms with Crippen LogP contribution in [-0.4, -0.2) is 11.7 Å². The van der Waals surface area contributed by atoms with Gasteiger partial charge < -0.3 is 5.11 Å². The molecule has 0 bridgehead atoms. The maximum Gasteiger partial charge on any atom is 0.140 e. The average molecular weight is 206 g/mol. The summed E-state index contributed by atoms with van der Waals surface area (Å²) < 4.78 is 12.9. The summed E-state index contributed by atoms with van der Waals surface area (Å²) in [5.74, 6) is -0.640. The van der Waals surface area contributed by atoms with Gasteiger partial charge in [0.25, 0.3) is 0 Å². The molecule has 0 radical (unpaired) electrons. The van der Waals surface area contributed by atoms with Crippen molar-refractivity contribution in [2.24, 2.45) is 5.11 Å². The largest absolute Gasteiger partial charge is 0.396 e. The predicted octanol–water partition coefficient (Wildman–Crippen LogP) is 2.04. The third-order valence-corrected chi connectivity index (χ3v) is 1.86. The summed E-state index contributed by atoms with van der Waals surface area (Å²) in [6.07, 6.45) is 0. The molecular formula is C9H7FN4O. The number of aliphatic hydroxyl groups is 1. The van der Waals surface area contributed by atoms with Crippen molar-refractivity contribution in [3.8, 4) is 6.07 Å². The fourth-order valence-electron chi connectivity index (χ4n) is 1.11. The quantitative estimate of drug-likeness (QED) is 0.465. The Bertz CT molecular complexity index is 448. The van der Waals surface area contributed by atoms with E-state index in [-0.39, 0.29) is 12.2 Å². The van der Waals surface area contributed by atoms with Gasteiger partial charge in [-0.1, -0.05) is 11.2 Å². The Morgan fingerprint density at radius 3 is 2.93 bits per heavy atom. The molecule has 15 heavy (non-hydrogen) atoms. The minimum absolute atomic E-state index is 0.140. The van der Waals surface area contributed by atoms with Crippen LogP contribution in [0.2, 0.25) is 0 Å². The summed E-state index contributed by atoms with van der Waals surface area (Å²) in [7, 11) is 0. The van der Waals surface area contributed by atoms with Crippen molar-refractivity contribution in [1.82, 2.24) is 0 Å². The second-order valence-electron chi connectivity index (χ2n) is 2.75. The first-order valence-electron chi connectivity index (χ1n) is 4.07. The van der Waals surface area contributed by atoms with Gasteiger partial charge in [0.2, 0.25) is 0 Å². The fourth-order valence-corrected chi connectivity index (χ4v) is 1.11. The van der Waals surface area contributed by atoms with E-state index in [9.17, 15) is 4.39 Å². The molecule has 0 amide bonds. The van der Waals surface area contributed by atoms with Crippen LogP contribution in [0.3, 0.4) is 0 Å². The van der Waals surface area contributed by atoms with Crippen molar-refractivity contribution in [3.05, 3.63) is 45.6 Å². The van der Waals surface area contributed by atoms with E-state index in [0.29, 0.717) is 5.56 Å². The van der Waals surface area contributed by atoms with Gasteiger partial charge in [-0.25, -0.2) is 4.39 Å². The van der Waals surface area contributed by atoms with Crippen LogP contribution in [0, 0.1) is 17.1 Å². The molecule has 1 N–H and O–H groups in total. The van der Waals surface area contributed by atoms with Gasteiger partial charge in [0.05, 0.1) is 18.2 Å². The second kappa shape index (κ2) is 4.96. The van der Waals surface area contributed by atoms with E-state index in [4.69, 9.17) is 15.9 Å². The number of aliphatic hydroxyl groups excluding tert-OH is 1. The number of hydrogen-bond acceptors (Lipinski definition) is 3. The van der Waals surface area contributed by atoms with Gasteiger partial charge in [0.1, 0.15) is 11.9 Å². The monoisotopic (exact) mass is 206 g/mol. The highest BCUT2D eigenvalue weighted by atomic mass is 19.1. The molecule has 5 nitrogen and oxygen atoms in total. The molecule has 1 aromatic carbocycles. The Kier molecular flexibility index (Phi) is 3.63. The molecule has 0 aliphatic rings. The van der Waals surface area contributed by atoms with Gasteiger partial charge in [-0.15, -0.1) is 0 Å². The van der Waals surface area contributed by atoms with Gasteiger partial charge in [0.15, 0.2) is 0 Å². The summed E-state index contributed by atoms with van der Waals surface area (Å²) in [6.45, 7) is -0.388. The molecular weight excluding hydrogens is 199 g/mol. The van der Waals surface area contributed by atoms with Crippen LogP contribution in [0.5, 0.6) is 0 Å². The molecule has 0 aromatic heterocycles. The molecule has 76 valence electrons. The fraction of sp³-hybridized carbons (Fsp3) is 0.222. The lowest BCUT2D eigenvalue weighted by molar-refractivity contribution is 0.268. The normalized spacial score (nSPS) is 11.3. The summed E-state index contributed by atoms with van der Waals surface area (Å²) in [5, 5.41) is 20.8. The number of benzene rings is 1. The molecule has 0 saturated heterocycles. The van der Waals surface area contributed by atoms with E-state index >= 15 is 0 Å². The Hall–Kier alpha value is -2.09. The van der Waals surface area contributed by atoms with Crippen LogP contribution < -0.4 is 0 Å². The second-order valence-corrected chi connectivity index (χ2v) is 2.75. The van der Waals surface area contributed by atoms with Crippen LogP contribution in [-0.2, 0) is 0 Å². The maximum absolute atomic E-state index is 12.9. The van der Waals surface area contributed by atoms with Crippen LogP contribution >= 0.6 is 0 Å². The topological polar surface area (TPSA) is 92.8 Å². The summed E-state index contributed by atoms with van der Waals surface area (Å²) >= 11 is 0. The van der Waals surface area contributed by atoms with Crippen LogP contribution in [0.1, 0.15) is 17.2 Å². The Morgan fingerprint density at radius 2 is 2.40 bits per heavy atom. The Balaban J connectivity index is 3.15. The molecule has 0 fully saturated rings. The first kappa shape index (κ1) is 11.0. The highest BCUT2D eigenvalue weighted by molar-refractivity contribution is 5.35. The van der Waals surface area contributed by atoms with Crippen molar-refractivity contribution < 1.29 is 9.50 Å². The first-order chi connectivity index (χ1) is 7.22. The van der Waals surface area contributed by atoms with Crippen molar-refractivity contribution >= 4 is 0 Å². The average Bonchev–Trinajstić information content (AvgIpc) is 2.27. The third kappa shape index (κ3) is 2.44. The van der Waals surface area contributed by atoms with Gasteiger partial charge >= 0.3 is 0 Å². The van der Waals surface area contributed by atoms with Gasteiger partial charge in [0, 0.05) is 4.91 Å². The van der Waals surface area contributed by atoms with Crippen molar-refractivity contribution in [2.75, 3.05) is 6.61 Å². The molecule has 0 spiro atoms. The molecule has 1 rings (SSSR count). The third-order valence-electron chi connectivity index (χ3n) is 1.86. The lowest BCUT2D eigenvalue weighted by atomic mass is 10.1. The summed E-state index contributed by atoms with van der Waals surface area (Å²) in [5.41, 5.74) is 8.49. The van der Waals surface area contributed by atoms with Crippen molar-refractivity contribution in [2.45, 2.75) is 6.04 Å². The van der Waals surface area contributed by atoms with Crippen LogP contribution in [0.4, 0.5) is 4.39 Å². The van der Waals surface area contributed by atoms with E-state index in [1.165, 1.54) is 12.1 Å². The van der Waals surface area contributed by atoms with E-state index in [1.54, 1.807) is 6.07 Å². The number of halogens is 1. The maximum atomic E-state index is 12.9.